The molecular formula is C11H13BrN2O3. The van der Waals surface area contributed by atoms with Gasteiger partial charge in [0.05, 0.1) is 4.92 Å². The van der Waals surface area contributed by atoms with Crippen molar-refractivity contribution >= 4 is 27.5 Å². The monoisotopic (exact) mass is 300 g/mol. The maximum absolute atomic E-state index is 11.7. The second-order valence-corrected chi connectivity index (χ2v) is 4.97. The highest BCUT2D eigenvalue weighted by Crippen LogP contribution is 2.21. The van der Waals surface area contributed by atoms with Crippen LogP contribution in [0.5, 0.6) is 0 Å². The summed E-state index contributed by atoms with van der Waals surface area (Å²) in [5.74, 6) is 0.0317. The van der Waals surface area contributed by atoms with Crippen molar-refractivity contribution in [3.63, 3.8) is 0 Å². The predicted molar refractivity (Wildman–Crippen MR) is 68.0 cm³/mol. The molecule has 0 unspecified atom stereocenters. The lowest BCUT2D eigenvalue weighted by molar-refractivity contribution is -0.385. The van der Waals surface area contributed by atoms with Crippen molar-refractivity contribution in [1.29, 1.82) is 0 Å². The Labute approximate surface area is 107 Å². The Hall–Kier alpha value is -1.43. The van der Waals surface area contributed by atoms with Gasteiger partial charge in [-0.2, -0.15) is 0 Å². The highest BCUT2D eigenvalue weighted by molar-refractivity contribution is 9.10. The minimum atomic E-state index is -0.524. The Morgan fingerprint density at radius 2 is 2.12 bits per heavy atom. The van der Waals surface area contributed by atoms with Crippen LogP contribution in [0.25, 0.3) is 0 Å². The number of halogens is 1. The first-order valence-corrected chi connectivity index (χ1v) is 5.92. The molecule has 0 atom stereocenters. The Balaban J connectivity index is 2.90. The summed E-state index contributed by atoms with van der Waals surface area (Å²) < 4.78 is 0.515. The molecule has 0 aliphatic heterocycles. The molecule has 1 aromatic carbocycles. The summed E-state index contributed by atoms with van der Waals surface area (Å²) in [6.45, 7) is 4.49. The maximum Gasteiger partial charge on any atom is 0.271 e. The van der Waals surface area contributed by atoms with Crippen LogP contribution in [-0.2, 0) is 0 Å². The van der Waals surface area contributed by atoms with Gasteiger partial charge in [0.15, 0.2) is 0 Å². The van der Waals surface area contributed by atoms with Gasteiger partial charge in [0, 0.05) is 28.7 Å². The van der Waals surface area contributed by atoms with Gasteiger partial charge in [-0.1, -0.05) is 29.8 Å². The summed E-state index contributed by atoms with van der Waals surface area (Å²) in [4.78, 5) is 21.8. The van der Waals surface area contributed by atoms with Gasteiger partial charge in [-0.3, -0.25) is 14.9 Å². The summed E-state index contributed by atoms with van der Waals surface area (Å²) in [5.41, 5.74) is 0.181. The van der Waals surface area contributed by atoms with Crippen LogP contribution in [0.1, 0.15) is 24.2 Å². The first-order valence-electron chi connectivity index (χ1n) is 5.13. The van der Waals surface area contributed by atoms with Gasteiger partial charge in [-0.15, -0.1) is 0 Å². The van der Waals surface area contributed by atoms with Gasteiger partial charge in [-0.25, -0.2) is 0 Å². The fraction of sp³-hybridized carbons (Fsp3) is 0.364. The molecule has 5 nitrogen and oxygen atoms in total. The number of benzene rings is 1. The van der Waals surface area contributed by atoms with E-state index < -0.39 is 4.92 Å². The lowest BCUT2D eigenvalue weighted by Crippen LogP contribution is -2.27. The molecule has 0 saturated heterocycles. The molecular weight excluding hydrogens is 288 g/mol. The zero-order chi connectivity index (χ0) is 13.0. The molecule has 0 saturated carbocycles. The van der Waals surface area contributed by atoms with Crippen molar-refractivity contribution in [2.24, 2.45) is 5.92 Å². The molecule has 6 heteroatoms. The van der Waals surface area contributed by atoms with E-state index in [-0.39, 0.29) is 17.2 Å². The van der Waals surface area contributed by atoms with Crippen molar-refractivity contribution in [3.05, 3.63) is 38.3 Å². The normalized spacial score (nSPS) is 10.4. The van der Waals surface area contributed by atoms with Crippen LogP contribution in [0.3, 0.4) is 0 Å². The van der Waals surface area contributed by atoms with Crippen molar-refractivity contribution in [3.8, 4) is 0 Å². The van der Waals surface area contributed by atoms with E-state index in [2.05, 4.69) is 21.2 Å². The molecule has 0 spiro atoms. The lowest BCUT2D eigenvalue weighted by Gasteiger charge is -2.07. The van der Waals surface area contributed by atoms with Crippen LogP contribution in [0, 0.1) is 16.0 Å². The summed E-state index contributed by atoms with van der Waals surface area (Å²) >= 11 is 3.15. The van der Waals surface area contributed by atoms with Crippen molar-refractivity contribution in [2.45, 2.75) is 13.8 Å². The number of hydrogen-bond acceptors (Lipinski definition) is 3. The maximum atomic E-state index is 11.7. The lowest BCUT2D eigenvalue weighted by atomic mass is 10.1. The Kier molecular flexibility index (Phi) is 4.62. The third-order valence-corrected chi connectivity index (χ3v) is 2.48. The topological polar surface area (TPSA) is 72.2 Å². The third kappa shape index (κ3) is 4.14. The minimum Gasteiger partial charge on any atom is -0.352 e. The fourth-order valence-corrected chi connectivity index (χ4v) is 1.69. The predicted octanol–water partition coefficient (Wildman–Crippen LogP) is 2.74. The molecule has 0 fully saturated rings. The smallest absolute Gasteiger partial charge is 0.271 e. The summed E-state index contributed by atoms with van der Waals surface area (Å²) in [5, 5.41) is 13.4. The molecule has 17 heavy (non-hydrogen) atoms. The van der Waals surface area contributed by atoms with Crippen molar-refractivity contribution < 1.29 is 9.72 Å². The van der Waals surface area contributed by atoms with E-state index in [0.29, 0.717) is 16.9 Å². The van der Waals surface area contributed by atoms with E-state index in [1.807, 2.05) is 13.8 Å². The molecule has 0 radical (unpaired) electrons. The molecule has 1 N–H and O–H groups in total. The van der Waals surface area contributed by atoms with Gasteiger partial charge < -0.3 is 5.32 Å². The minimum absolute atomic E-state index is 0.103. The second kappa shape index (κ2) is 5.77. The number of nitro groups is 1. The fourth-order valence-electron chi connectivity index (χ4n) is 1.21. The van der Waals surface area contributed by atoms with Gasteiger partial charge >= 0.3 is 0 Å². The number of carbonyl (C=O) groups is 1. The van der Waals surface area contributed by atoms with E-state index in [1.165, 1.54) is 12.1 Å². The largest absolute Gasteiger partial charge is 0.352 e. The van der Waals surface area contributed by atoms with Crippen LogP contribution >= 0.6 is 15.9 Å². The highest BCUT2D eigenvalue weighted by Gasteiger charge is 2.13. The highest BCUT2D eigenvalue weighted by atomic mass is 79.9. The SMILES string of the molecule is CC(C)CNC(=O)c1cc(Br)cc([N+](=O)[O-])c1. The Morgan fingerprint density at radius 1 is 1.47 bits per heavy atom. The van der Waals surface area contributed by atoms with E-state index in [4.69, 9.17) is 0 Å². The number of rotatable bonds is 4. The molecule has 1 amide bonds. The van der Waals surface area contributed by atoms with Gasteiger partial charge in [0.2, 0.25) is 0 Å². The first-order chi connectivity index (χ1) is 7.90. The molecule has 0 aliphatic carbocycles. The molecule has 1 rings (SSSR count). The molecule has 0 aromatic heterocycles. The van der Waals surface area contributed by atoms with Crippen LogP contribution in [0.15, 0.2) is 22.7 Å². The van der Waals surface area contributed by atoms with Gasteiger partial charge in [-0.05, 0) is 12.0 Å². The van der Waals surface area contributed by atoms with Gasteiger partial charge in [0.25, 0.3) is 11.6 Å². The van der Waals surface area contributed by atoms with Crippen LogP contribution < -0.4 is 5.32 Å². The van der Waals surface area contributed by atoms with Crippen molar-refractivity contribution in [1.82, 2.24) is 5.32 Å². The standard InChI is InChI=1S/C11H13BrN2O3/c1-7(2)6-13-11(15)8-3-9(12)5-10(4-8)14(16)17/h3-5,7H,6H2,1-2H3,(H,13,15). The zero-order valence-electron chi connectivity index (χ0n) is 9.57. The number of non-ortho nitro benzene ring substituents is 1. The number of carbonyl (C=O) groups excluding carboxylic acids is 1. The van der Waals surface area contributed by atoms with E-state index in [9.17, 15) is 14.9 Å². The number of amides is 1. The van der Waals surface area contributed by atoms with Gasteiger partial charge in [0.1, 0.15) is 0 Å². The van der Waals surface area contributed by atoms with E-state index in [0.717, 1.165) is 0 Å². The quantitative estimate of drug-likeness (QED) is 0.686. The van der Waals surface area contributed by atoms with E-state index in [1.54, 1.807) is 6.07 Å². The van der Waals surface area contributed by atoms with Crippen molar-refractivity contribution in [2.75, 3.05) is 6.54 Å². The van der Waals surface area contributed by atoms with Crippen LogP contribution in [0.2, 0.25) is 0 Å². The summed E-state index contributed by atoms with van der Waals surface area (Å²) in [6, 6.07) is 4.18. The average Bonchev–Trinajstić information content (AvgIpc) is 2.24. The number of nitrogens with zero attached hydrogens (tertiary/aromatic N) is 1. The summed E-state index contributed by atoms with van der Waals surface area (Å²) in [6.07, 6.45) is 0. The number of nitro benzene ring substituents is 1. The van der Waals surface area contributed by atoms with E-state index >= 15 is 0 Å². The van der Waals surface area contributed by atoms with Crippen LogP contribution in [0.4, 0.5) is 5.69 Å². The number of nitrogens with one attached hydrogen (secondary N) is 1. The average molecular weight is 301 g/mol. The Bertz CT molecular complexity index is 446. The third-order valence-electron chi connectivity index (χ3n) is 2.03. The van der Waals surface area contributed by atoms with Crippen LogP contribution in [-0.4, -0.2) is 17.4 Å². The second-order valence-electron chi connectivity index (χ2n) is 4.06. The zero-order valence-corrected chi connectivity index (χ0v) is 11.2. The molecule has 1 aromatic rings. The summed E-state index contributed by atoms with van der Waals surface area (Å²) in [7, 11) is 0. The molecule has 0 heterocycles. The molecule has 0 aliphatic rings. The number of hydrogen-bond donors (Lipinski definition) is 1. The molecule has 0 bridgehead atoms. The Morgan fingerprint density at radius 3 is 2.65 bits per heavy atom. The molecule has 92 valence electrons. The first kappa shape index (κ1) is 13.6.